The lowest BCUT2D eigenvalue weighted by Gasteiger charge is -2.42. The van der Waals surface area contributed by atoms with Crippen molar-refractivity contribution in [3.63, 3.8) is 0 Å². The second-order valence-electron chi connectivity index (χ2n) is 12.1. The molecule has 5 atom stereocenters. The van der Waals surface area contributed by atoms with Crippen LogP contribution in [-0.4, -0.2) is 57.1 Å². The van der Waals surface area contributed by atoms with Gasteiger partial charge in [0.15, 0.2) is 0 Å². The third kappa shape index (κ3) is 6.34. The quantitative estimate of drug-likeness (QED) is 0.408. The fourth-order valence-corrected chi connectivity index (χ4v) is 8.66. The molecule has 10 heteroatoms. The summed E-state index contributed by atoms with van der Waals surface area (Å²) >= 11 is 6.31. The van der Waals surface area contributed by atoms with Crippen molar-refractivity contribution < 1.29 is 27.8 Å². The van der Waals surface area contributed by atoms with E-state index in [0.717, 1.165) is 49.9 Å². The molecule has 1 saturated heterocycles. The van der Waals surface area contributed by atoms with E-state index in [2.05, 4.69) is 9.62 Å². The molecule has 1 unspecified atom stereocenters. The average Bonchev–Trinajstić information content (AvgIpc) is 2.98. The van der Waals surface area contributed by atoms with Crippen LogP contribution in [0.4, 0.5) is 5.69 Å². The molecular weight excluding hydrogens is 576 g/mol. The number of carbonyl (C=O) groups is 1. The molecule has 4 aliphatic rings. The van der Waals surface area contributed by atoms with Crippen molar-refractivity contribution in [2.45, 2.75) is 62.9 Å². The number of nitrogens with zero attached hydrogens (tertiary/aromatic N) is 1. The lowest BCUT2D eigenvalue weighted by Crippen LogP contribution is -2.46. The van der Waals surface area contributed by atoms with Gasteiger partial charge in [-0.3, -0.25) is 4.79 Å². The topological polar surface area (TPSA) is 105 Å². The first kappa shape index (κ1) is 29.5. The minimum atomic E-state index is -3.96. The van der Waals surface area contributed by atoms with Gasteiger partial charge in [-0.2, -0.15) is 0 Å². The second kappa shape index (κ2) is 12.6. The summed E-state index contributed by atoms with van der Waals surface area (Å²) in [5, 5.41) is 11.1. The highest BCUT2D eigenvalue weighted by Gasteiger charge is 2.39. The third-order valence-corrected chi connectivity index (χ3v) is 11.5. The molecule has 3 aliphatic heterocycles. The van der Waals surface area contributed by atoms with Crippen molar-refractivity contribution >= 4 is 33.2 Å². The predicted octanol–water partition coefficient (Wildman–Crippen LogP) is 4.87. The smallest absolute Gasteiger partial charge is 0.264 e. The van der Waals surface area contributed by atoms with Gasteiger partial charge < -0.3 is 19.5 Å². The summed E-state index contributed by atoms with van der Waals surface area (Å²) < 4.78 is 41.3. The molecule has 2 fully saturated rings. The summed E-state index contributed by atoms with van der Waals surface area (Å²) in [7, 11) is -3.96. The molecule has 8 nitrogen and oxygen atoms in total. The lowest BCUT2D eigenvalue weighted by atomic mass is 9.70. The van der Waals surface area contributed by atoms with Crippen LogP contribution in [0.1, 0.15) is 60.0 Å². The van der Waals surface area contributed by atoms with Gasteiger partial charge in [-0.1, -0.05) is 29.8 Å². The molecule has 42 heavy (non-hydrogen) atoms. The van der Waals surface area contributed by atoms with Crippen LogP contribution in [0.2, 0.25) is 5.02 Å². The van der Waals surface area contributed by atoms with Gasteiger partial charge in [-0.05, 0) is 98.2 Å². The standard InChI is InChI=1S/C32H39ClN2O6S/c33-26-10-7-24-20-41-30-12-9-22-17-28(30)35(14-2-1-4-21(24)16-26)18-23-8-11-27(23)29(36)6-3-5-25-19-40-15-13-31(25)42(38,39)34-32(22)37/h3,6-7,9-10,12,16-17,23,25,27,29,31,36H,1-2,4-5,8,11,13-15,18-20H2,(H,34,37)/b6-3+/t23-,25+,27+,29-,31?/m0/s1. The zero-order valence-electron chi connectivity index (χ0n) is 23.7. The Morgan fingerprint density at radius 2 is 1.90 bits per heavy atom. The Bertz CT molecular complexity index is 1450. The van der Waals surface area contributed by atoms with Crippen LogP contribution < -0.4 is 14.4 Å². The van der Waals surface area contributed by atoms with Crippen molar-refractivity contribution in [2.75, 3.05) is 31.2 Å². The number of aliphatic hydroxyl groups is 1. The van der Waals surface area contributed by atoms with E-state index in [1.807, 2.05) is 30.4 Å². The average molecular weight is 615 g/mol. The second-order valence-corrected chi connectivity index (χ2v) is 14.4. The molecule has 1 amide bonds. The minimum Gasteiger partial charge on any atom is -0.487 e. The molecule has 0 spiro atoms. The van der Waals surface area contributed by atoms with Gasteiger partial charge in [0, 0.05) is 36.2 Å². The predicted molar refractivity (Wildman–Crippen MR) is 162 cm³/mol. The molecule has 2 bridgehead atoms. The number of hydrogen-bond donors (Lipinski definition) is 2. The fraction of sp³-hybridized carbons (Fsp3) is 0.531. The van der Waals surface area contributed by atoms with Crippen molar-refractivity contribution in [1.82, 2.24) is 4.72 Å². The molecule has 226 valence electrons. The van der Waals surface area contributed by atoms with Crippen LogP contribution in [0.3, 0.4) is 0 Å². The van der Waals surface area contributed by atoms with Gasteiger partial charge in [-0.25, -0.2) is 13.1 Å². The maximum absolute atomic E-state index is 13.5. The number of carbonyl (C=O) groups excluding carboxylic acids is 1. The van der Waals surface area contributed by atoms with E-state index in [9.17, 15) is 18.3 Å². The molecular formula is C32H39ClN2O6S. The van der Waals surface area contributed by atoms with E-state index >= 15 is 0 Å². The zero-order chi connectivity index (χ0) is 29.3. The van der Waals surface area contributed by atoms with E-state index < -0.39 is 27.3 Å². The third-order valence-electron chi connectivity index (χ3n) is 9.42. The van der Waals surface area contributed by atoms with Crippen LogP contribution in [0, 0.1) is 17.8 Å². The molecule has 2 aromatic carbocycles. The normalized spacial score (nSPS) is 30.6. The van der Waals surface area contributed by atoms with Gasteiger partial charge in [0.1, 0.15) is 12.4 Å². The number of benzene rings is 2. The first-order chi connectivity index (χ1) is 20.3. The fourth-order valence-electron chi connectivity index (χ4n) is 6.84. The zero-order valence-corrected chi connectivity index (χ0v) is 25.3. The first-order valence-corrected chi connectivity index (χ1v) is 17.0. The Morgan fingerprint density at radius 3 is 2.74 bits per heavy atom. The lowest BCUT2D eigenvalue weighted by molar-refractivity contribution is 0.0450. The number of anilines is 1. The number of hydrogen-bond acceptors (Lipinski definition) is 7. The van der Waals surface area contributed by atoms with Gasteiger partial charge in [0.2, 0.25) is 10.0 Å². The number of rotatable bonds is 0. The monoisotopic (exact) mass is 614 g/mol. The molecule has 1 aliphatic carbocycles. The Labute approximate surface area is 253 Å². The van der Waals surface area contributed by atoms with E-state index in [0.29, 0.717) is 50.0 Å². The Hall–Kier alpha value is -2.59. The Kier molecular flexibility index (Phi) is 8.82. The van der Waals surface area contributed by atoms with E-state index in [4.69, 9.17) is 21.1 Å². The highest BCUT2D eigenvalue weighted by Crippen LogP contribution is 2.41. The summed E-state index contributed by atoms with van der Waals surface area (Å²) in [5.41, 5.74) is 3.28. The SMILES string of the molecule is O=C1NS(=O)(=O)C2CCOC[C@H]2C/C=C/[C@H](O)[C@@H]2CC[C@H]2CN2CCCCc3cc(Cl)ccc3COc3ccc1cc32. The minimum absolute atomic E-state index is 0.122. The highest BCUT2D eigenvalue weighted by atomic mass is 35.5. The van der Waals surface area contributed by atoms with Crippen molar-refractivity contribution in [3.8, 4) is 5.75 Å². The van der Waals surface area contributed by atoms with Crippen molar-refractivity contribution in [1.29, 1.82) is 0 Å². The number of aryl methyl sites for hydroxylation is 1. The molecule has 1 saturated carbocycles. The Morgan fingerprint density at radius 1 is 1.02 bits per heavy atom. The molecule has 3 heterocycles. The number of amides is 1. The molecule has 6 rings (SSSR count). The number of halogens is 1. The summed E-state index contributed by atoms with van der Waals surface area (Å²) in [6.45, 7) is 2.44. The van der Waals surface area contributed by atoms with Crippen molar-refractivity contribution in [3.05, 3.63) is 70.3 Å². The molecule has 2 aromatic rings. The van der Waals surface area contributed by atoms with Crippen LogP contribution in [-0.2, 0) is 27.8 Å². The van der Waals surface area contributed by atoms with E-state index in [1.165, 1.54) is 5.56 Å². The molecule has 0 aromatic heterocycles. The first-order valence-electron chi connectivity index (χ1n) is 15.1. The number of sulfonamides is 1. The van der Waals surface area contributed by atoms with E-state index in [1.54, 1.807) is 18.2 Å². The number of allylic oxidation sites excluding steroid dienone is 1. The van der Waals surface area contributed by atoms with Crippen molar-refractivity contribution in [2.24, 2.45) is 17.8 Å². The Balaban J connectivity index is 1.38. The number of ether oxygens (including phenoxy) is 2. The van der Waals surface area contributed by atoms with Gasteiger partial charge in [-0.15, -0.1) is 0 Å². The maximum atomic E-state index is 13.5. The molecule has 0 radical (unpaired) electrons. The van der Waals surface area contributed by atoms with Gasteiger partial charge in [0.05, 0.1) is 23.6 Å². The van der Waals surface area contributed by atoms with Crippen LogP contribution in [0.15, 0.2) is 48.6 Å². The number of nitrogens with one attached hydrogen (secondary N) is 1. The number of aliphatic hydroxyl groups excluding tert-OH is 1. The summed E-state index contributed by atoms with van der Waals surface area (Å²) in [4.78, 5) is 15.7. The number of fused-ring (bicyclic) bond motifs is 4. The largest absolute Gasteiger partial charge is 0.487 e. The summed E-state index contributed by atoms with van der Waals surface area (Å²) in [6, 6.07) is 11.0. The van der Waals surface area contributed by atoms with Crippen LogP contribution in [0.25, 0.3) is 0 Å². The maximum Gasteiger partial charge on any atom is 0.264 e. The van der Waals surface area contributed by atoms with Crippen LogP contribution in [0.5, 0.6) is 5.75 Å². The summed E-state index contributed by atoms with van der Waals surface area (Å²) in [5.74, 6) is 0.106. The van der Waals surface area contributed by atoms with Gasteiger partial charge in [0.25, 0.3) is 5.91 Å². The van der Waals surface area contributed by atoms with Crippen LogP contribution >= 0.6 is 11.6 Å². The molecule has 2 N–H and O–H groups in total. The summed E-state index contributed by atoms with van der Waals surface area (Å²) in [6.07, 6.45) is 8.62. The highest BCUT2D eigenvalue weighted by molar-refractivity contribution is 7.90. The van der Waals surface area contributed by atoms with Gasteiger partial charge >= 0.3 is 0 Å². The van der Waals surface area contributed by atoms with E-state index in [-0.39, 0.29) is 23.3 Å².